The number of nitrogens with one attached hydrogen (secondary N) is 1. The van der Waals surface area contributed by atoms with Crippen LogP contribution in [0.3, 0.4) is 0 Å². The van der Waals surface area contributed by atoms with Crippen molar-refractivity contribution in [2.45, 2.75) is 26.2 Å². The molecule has 0 saturated carbocycles. The van der Waals surface area contributed by atoms with Crippen molar-refractivity contribution in [2.75, 3.05) is 12.3 Å². The molecule has 0 atom stereocenters. The molecular weight excluding hydrogens is 470 g/mol. The summed E-state index contributed by atoms with van der Waals surface area (Å²) in [5, 5.41) is 13.4. The molecule has 0 radical (unpaired) electrons. The van der Waals surface area contributed by atoms with E-state index in [1.54, 1.807) is 43.3 Å². The molecule has 186 valence electrons. The third-order valence-electron chi connectivity index (χ3n) is 6.18. The van der Waals surface area contributed by atoms with Crippen LogP contribution in [-0.2, 0) is 6.42 Å². The number of nitrogens with zero attached hydrogens (tertiary/aromatic N) is 3. The Morgan fingerprint density at radius 1 is 1.03 bits per heavy atom. The highest BCUT2D eigenvalue weighted by Gasteiger charge is 2.23. The van der Waals surface area contributed by atoms with Crippen LogP contribution >= 0.6 is 0 Å². The summed E-state index contributed by atoms with van der Waals surface area (Å²) < 4.78 is 11.7. The van der Waals surface area contributed by atoms with E-state index in [-0.39, 0.29) is 39.6 Å². The zero-order chi connectivity index (χ0) is 25.8. The number of aryl methyl sites for hydroxylation is 2. The molecule has 5 aromatic rings. The van der Waals surface area contributed by atoms with E-state index in [1.165, 1.54) is 5.56 Å². The lowest BCUT2D eigenvalue weighted by Gasteiger charge is -2.11. The SMILES string of the molecule is Cc1ccc2oc(-c3nnn[nH]3)c(N)c(=O)c2c1C(=O)c1ccc(OCCCCc2ccccc2)cc1. The molecule has 0 spiro atoms. The quantitative estimate of drug-likeness (QED) is 0.225. The predicted octanol–water partition coefficient (Wildman–Crippen LogP) is 4.50. The van der Waals surface area contributed by atoms with Gasteiger partial charge >= 0.3 is 0 Å². The van der Waals surface area contributed by atoms with Crippen LogP contribution in [0.2, 0.25) is 0 Å². The van der Waals surface area contributed by atoms with Crippen molar-refractivity contribution in [1.82, 2.24) is 20.6 Å². The second kappa shape index (κ2) is 10.4. The van der Waals surface area contributed by atoms with Gasteiger partial charge < -0.3 is 14.9 Å². The second-order valence-corrected chi connectivity index (χ2v) is 8.70. The van der Waals surface area contributed by atoms with Crippen LogP contribution in [0, 0.1) is 6.92 Å². The van der Waals surface area contributed by atoms with Crippen LogP contribution in [0.4, 0.5) is 5.69 Å². The lowest BCUT2D eigenvalue weighted by Crippen LogP contribution is -2.15. The minimum Gasteiger partial charge on any atom is -0.494 e. The zero-order valence-electron chi connectivity index (χ0n) is 20.2. The summed E-state index contributed by atoms with van der Waals surface area (Å²) in [6.45, 7) is 2.36. The lowest BCUT2D eigenvalue weighted by molar-refractivity contribution is 0.103. The number of carbonyl (C=O) groups excluding carboxylic acids is 1. The first kappa shape index (κ1) is 23.9. The first-order chi connectivity index (χ1) is 18.0. The van der Waals surface area contributed by atoms with E-state index < -0.39 is 5.43 Å². The maximum atomic E-state index is 13.5. The number of hydrogen-bond donors (Lipinski definition) is 2. The average Bonchev–Trinajstić information content (AvgIpc) is 3.46. The Morgan fingerprint density at radius 3 is 2.54 bits per heavy atom. The number of hydrogen-bond acceptors (Lipinski definition) is 8. The van der Waals surface area contributed by atoms with E-state index in [0.29, 0.717) is 23.5 Å². The Balaban J connectivity index is 1.33. The summed E-state index contributed by atoms with van der Waals surface area (Å²) in [6, 6.07) is 20.6. The van der Waals surface area contributed by atoms with Gasteiger partial charge in [-0.15, -0.1) is 5.10 Å². The van der Waals surface area contributed by atoms with E-state index in [9.17, 15) is 9.59 Å². The van der Waals surface area contributed by atoms with Crippen LogP contribution in [-0.4, -0.2) is 33.0 Å². The van der Waals surface area contributed by atoms with Gasteiger partial charge in [0, 0.05) is 11.1 Å². The van der Waals surface area contributed by atoms with Crippen molar-refractivity contribution in [1.29, 1.82) is 0 Å². The number of carbonyl (C=O) groups is 1. The van der Waals surface area contributed by atoms with Gasteiger partial charge in [0.05, 0.1) is 12.0 Å². The van der Waals surface area contributed by atoms with Crippen molar-refractivity contribution >= 4 is 22.4 Å². The molecule has 0 bridgehead atoms. The van der Waals surface area contributed by atoms with Crippen molar-refractivity contribution in [2.24, 2.45) is 0 Å². The van der Waals surface area contributed by atoms with E-state index in [1.807, 2.05) is 18.2 Å². The van der Waals surface area contributed by atoms with Gasteiger partial charge in [0.2, 0.25) is 11.3 Å². The lowest BCUT2D eigenvalue weighted by atomic mass is 9.94. The number of aromatic amines is 1. The fourth-order valence-corrected chi connectivity index (χ4v) is 4.24. The van der Waals surface area contributed by atoms with Gasteiger partial charge in [-0.25, -0.2) is 5.10 Å². The molecule has 9 nitrogen and oxygen atoms in total. The molecule has 0 amide bonds. The van der Waals surface area contributed by atoms with Gasteiger partial charge in [-0.05, 0) is 78.1 Å². The zero-order valence-corrected chi connectivity index (χ0v) is 20.2. The summed E-state index contributed by atoms with van der Waals surface area (Å²) in [5.74, 6) is 0.522. The average molecular weight is 496 g/mol. The van der Waals surface area contributed by atoms with Crippen LogP contribution < -0.4 is 15.9 Å². The van der Waals surface area contributed by atoms with E-state index >= 15 is 0 Å². The van der Waals surface area contributed by atoms with Gasteiger partial charge in [0.25, 0.3) is 0 Å². The third kappa shape index (κ3) is 4.97. The summed E-state index contributed by atoms with van der Waals surface area (Å²) in [5.41, 5.74) is 8.21. The van der Waals surface area contributed by atoms with Gasteiger partial charge in [-0.2, -0.15) is 0 Å². The number of tetrazole rings is 1. The number of benzene rings is 3. The normalized spacial score (nSPS) is 11.1. The summed E-state index contributed by atoms with van der Waals surface area (Å²) >= 11 is 0. The first-order valence-corrected chi connectivity index (χ1v) is 11.9. The van der Waals surface area contributed by atoms with Crippen LogP contribution in [0.15, 0.2) is 75.9 Å². The fraction of sp³-hybridized carbons (Fsp3) is 0.179. The molecule has 2 aromatic heterocycles. The number of nitrogens with two attached hydrogens (primary N) is 1. The molecule has 0 aliphatic carbocycles. The predicted molar refractivity (Wildman–Crippen MR) is 140 cm³/mol. The molecule has 0 unspecified atom stereocenters. The molecule has 0 aliphatic rings. The fourth-order valence-electron chi connectivity index (χ4n) is 4.24. The van der Waals surface area contributed by atoms with E-state index in [2.05, 4.69) is 32.8 Å². The molecule has 3 aromatic carbocycles. The molecule has 5 rings (SSSR count). The topological polar surface area (TPSA) is 137 Å². The maximum absolute atomic E-state index is 13.5. The molecule has 0 fully saturated rings. The van der Waals surface area contributed by atoms with Gasteiger partial charge in [0.15, 0.2) is 11.5 Å². The van der Waals surface area contributed by atoms with Crippen LogP contribution in [0.25, 0.3) is 22.6 Å². The smallest absolute Gasteiger partial charge is 0.217 e. The largest absolute Gasteiger partial charge is 0.494 e. The van der Waals surface area contributed by atoms with E-state index in [0.717, 1.165) is 19.3 Å². The number of aromatic nitrogens is 4. The second-order valence-electron chi connectivity index (χ2n) is 8.70. The third-order valence-corrected chi connectivity index (χ3v) is 6.18. The van der Waals surface area contributed by atoms with E-state index in [4.69, 9.17) is 14.9 Å². The Kier molecular flexibility index (Phi) is 6.76. The van der Waals surface area contributed by atoms with Gasteiger partial charge in [0.1, 0.15) is 17.0 Å². The van der Waals surface area contributed by atoms with Crippen molar-refractivity contribution in [3.8, 4) is 17.3 Å². The number of rotatable bonds is 9. The number of ketones is 1. The standard InChI is InChI=1S/C28H25N5O4/c1-17-10-15-21-23(26(35)24(29)27(37-21)28-30-32-33-31-28)22(17)25(34)19-11-13-20(14-12-19)36-16-6-5-9-18-7-3-2-4-8-18/h2-4,7-8,10-15H,5-6,9,16,29H2,1H3,(H,30,31,32,33). The van der Waals surface area contributed by atoms with Crippen molar-refractivity contribution in [3.05, 3.63) is 99.2 Å². The number of anilines is 1. The molecule has 37 heavy (non-hydrogen) atoms. The minimum absolute atomic E-state index is 0.0232. The maximum Gasteiger partial charge on any atom is 0.217 e. The van der Waals surface area contributed by atoms with Gasteiger partial charge in [-0.1, -0.05) is 36.4 Å². The highest BCUT2D eigenvalue weighted by molar-refractivity contribution is 6.17. The molecule has 3 N–H and O–H groups in total. The molecule has 0 aliphatic heterocycles. The Hall–Kier alpha value is -4.79. The first-order valence-electron chi connectivity index (χ1n) is 11.9. The van der Waals surface area contributed by atoms with Crippen molar-refractivity contribution < 1.29 is 13.9 Å². The number of unbranched alkanes of at least 4 members (excludes halogenated alkanes) is 1. The number of ether oxygens (including phenoxy) is 1. The number of fused-ring (bicyclic) bond motifs is 1. The highest BCUT2D eigenvalue weighted by atomic mass is 16.5. The Bertz CT molecular complexity index is 1590. The molecule has 9 heteroatoms. The van der Waals surface area contributed by atoms with Crippen LogP contribution in [0.5, 0.6) is 5.75 Å². The molecule has 2 heterocycles. The highest BCUT2D eigenvalue weighted by Crippen LogP contribution is 2.29. The minimum atomic E-state index is -0.518. The molecule has 0 saturated heterocycles. The Labute approximate surface area is 212 Å². The van der Waals surface area contributed by atoms with Gasteiger partial charge in [-0.3, -0.25) is 9.59 Å². The van der Waals surface area contributed by atoms with Crippen molar-refractivity contribution in [3.63, 3.8) is 0 Å². The van der Waals surface area contributed by atoms with Crippen LogP contribution in [0.1, 0.15) is 39.9 Å². The summed E-state index contributed by atoms with van der Waals surface area (Å²) in [6.07, 6.45) is 2.96. The summed E-state index contributed by atoms with van der Waals surface area (Å²) in [7, 11) is 0. The Morgan fingerprint density at radius 2 is 1.81 bits per heavy atom. The number of H-pyrrole nitrogens is 1. The summed E-state index contributed by atoms with van der Waals surface area (Å²) in [4.78, 5) is 26.7. The monoisotopic (exact) mass is 495 g/mol. The number of nitrogen functional groups attached to an aromatic ring is 1. The molecular formula is C28H25N5O4.